The minimum atomic E-state index is -0.453. The van der Waals surface area contributed by atoms with Crippen molar-refractivity contribution in [3.8, 4) is 11.5 Å². The zero-order chi connectivity index (χ0) is 23.6. The fraction of sp³-hybridized carbons (Fsp3) is 0.115. The highest BCUT2D eigenvalue weighted by molar-refractivity contribution is 6.04. The molecule has 0 saturated carbocycles. The number of rotatable bonds is 8. The molecule has 168 valence electrons. The summed E-state index contributed by atoms with van der Waals surface area (Å²) in [5.74, 6) is -0.0127. The molecule has 0 fully saturated rings. The van der Waals surface area contributed by atoms with E-state index >= 15 is 0 Å². The summed E-state index contributed by atoms with van der Waals surface area (Å²) in [5.41, 5.74) is 2.66. The first-order chi connectivity index (χ1) is 15.9. The van der Waals surface area contributed by atoms with Gasteiger partial charge in [0.15, 0.2) is 0 Å². The van der Waals surface area contributed by atoms with E-state index in [2.05, 4.69) is 10.6 Å². The van der Waals surface area contributed by atoms with E-state index in [1.807, 2.05) is 36.4 Å². The van der Waals surface area contributed by atoms with E-state index in [9.17, 15) is 14.4 Å². The summed E-state index contributed by atoms with van der Waals surface area (Å²) in [6.45, 7) is 1.64. The molecule has 0 aromatic heterocycles. The highest BCUT2D eigenvalue weighted by Gasteiger charge is 2.08. The molecule has 0 spiro atoms. The normalized spacial score (nSPS) is 10.5. The molecule has 0 aliphatic carbocycles. The number of amides is 2. The Kier molecular flexibility index (Phi) is 7.96. The van der Waals surface area contributed by atoms with Crippen LogP contribution in [0.15, 0.2) is 78.9 Å². The molecular formula is C26H24N2O5. The number of ether oxygens (including phenoxy) is 2. The lowest BCUT2D eigenvalue weighted by molar-refractivity contribution is -0.131. The van der Waals surface area contributed by atoms with Crippen LogP contribution in [0.25, 0.3) is 6.08 Å². The fourth-order valence-corrected chi connectivity index (χ4v) is 2.99. The summed E-state index contributed by atoms with van der Waals surface area (Å²) in [4.78, 5) is 35.7. The van der Waals surface area contributed by atoms with Crippen LogP contribution in [-0.2, 0) is 16.1 Å². The summed E-state index contributed by atoms with van der Waals surface area (Å²) in [5, 5.41) is 5.61. The van der Waals surface area contributed by atoms with Crippen molar-refractivity contribution in [2.24, 2.45) is 0 Å². The average Bonchev–Trinajstić information content (AvgIpc) is 2.82. The van der Waals surface area contributed by atoms with Gasteiger partial charge in [-0.3, -0.25) is 14.4 Å². The first-order valence-corrected chi connectivity index (χ1v) is 10.2. The minimum Gasteiger partial charge on any atom is -0.496 e. The van der Waals surface area contributed by atoms with E-state index in [4.69, 9.17) is 9.47 Å². The minimum absolute atomic E-state index is 0.231. The van der Waals surface area contributed by atoms with Crippen molar-refractivity contribution in [2.75, 3.05) is 12.4 Å². The third kappa shape index (κ3) is 7.07. The molecule has 7 heteroatoms. The van der Waals surface area contributed by atoms with Crippen LogP contribution < -0.4 is 20.1 Å². The number of benzene rings is 3. The molecule has 3 rings (SSSR count). The molecule has 0 radical (unpaired) electrons. The summed E-state index contributed by atoms with van der Waals surface area (Å²) in [7, 11) is 1.58. The van der Waals surface area contributed by atoms with E-state index in [1.165, 1.54) is 19.1 Å². The summed E-state index contributed by atoms with van der Waals surface area (Å²) >= 11 is 0. The van der Waals surface area contributed by atoms with E-state index in [-0.39, 0.29) is 11.8 Å². The molecule has 0 atom stereocenters. The number of nitrogens with one attached hydrogen (secondary N) is 2. The van der Waals surface area contributed by atoms with Gasteiger partial charge in [0.05, 0.1) is 7.11 Å². The van der Waals surface area contributed by atoms with Crippen molar-refractivity contribution < 1.29 is 23.9 Å². The van der Waals surface area contributed by atoms with E-state index in [0.717, 1.165) is 11.1 Å². The second kappa shape index (κ2) is 11.3. The largest absolute Gasteiger partial charge is 0.496 e. The van der Waals surface area contributed by atoms with Crippen molar-refractivity contribution in [2.45, 2.75) is 13.5 Å². The van der Waals surface area contributed by atoms with E-state index in [0.29, 0.717) is 29.3 Å². The number of carbonyl (C=O) groups is 3. The lowest BCUT2D eigenvalue weighted by atomic mass is 10.1. The predicted octanol–water partition coefficient (Wildman–Crippen LogP) is 4.20. The molecule has 0 heterocycles. The van der Waals surface area contributed by atoms with Gasteiger partial charge in [-0.1, -0.05) is 36.4 Å². The maximum absolute atomic E-state index is 12.5. The van der Waals surface area contributed by atoms with Crippen LogP contribution in [0.5, 0.6) is 11.5 Å². The van der Waals surface area contributed by atoms with Crippen LogP contribution in [0.1, 0.15) is 28.4 Å². The van der Waals surface area contributed by atoms with Gasteiger partial charge in [0.2, 0.25) is 5.91 Å². The Morgan fingerprint density at radius 2 is 1.70 bits per heavy atom. The number of esters is 1. The van der Waals surface area contributed by atoms with Gasteiger partial charge in [0, 0.05) is 36.4 Å². The van der Waals surface area contributed by atoms with Gasteiger partial charge in [0.25, 0.3) is 5.91 Å². The summed E-state index contributed by atoms with van der Waals surface area (Å²) in [6.07, 6.45) is 3.15. The fourth-order valence-electron chi connectivity index (χ4n) is 2.99. The number of carbonyl (C=O) groups excluding carboxylic acids is 3. The van der Waals surface area contributed by atoms with E-state index < -0.39 is 5.97 Å². The second-order valence-corrected chi connectivity index (χ2v) is 7.07. The van der Waals surface area contributed by atoms with Crippen LogP contribution in [0.4, 0.5) is 5.69 Å². The molecule has 2 N–H and O–H groups in total. The van der Waals surface area contributed by atoms with Crippen LogP contribution in [0, 0.1) is 0 Å². The van der Waals surface area contributed by atoms with E-state index in [1.54, 1.807) is 43.5 Å². The standard InChI is InChI=1S/C26H24N2O5/c1-18(29)33-23-8-5-7-21(16-23)26(31)28-22-13-10-19(11-14-22)17-27-25(30)15-12-20-6-3-4-9-24(20)32-2/h3-16H,17H2,1-2H3,(H,27,30)(H,28,31)/b15-12+. The molecule has 0 aliphatic rings. The molecule has 0 bridgehead atoms. The molecule has 33 heavy (non-hydrogen) atoms. The molecule has 3 aromatic rings. The number of anilines is 1. The van der Waals surface area contributed by atoms with Gasteiger partial charge in [-0.2, -0.15) is 0 Å². The number of hydrogen-bond donors (Lipinski definition) is 2. The first-order valence-electron chi connectivity index (χ1n) is 10.2. The van der Waals surface area contributed by atoms with Crippen molar-refractivity contribution >= 4 is 29.5 Å². The highest BCUT2D eigenvalue weighted by atomic mass is 16.5. The topological polar surface area (TPSA) is 93.7 Å². The van der Waals surface area contributed by atoms with Gasteiger partial charge in [0.1, 0.15) is 11.5 Å². The van der Waals surface area contributed by atoms with Crippen LogP contribution in [0.3, 0.4) is 0 Å². The van der Waals surface area contributed by atoms with Crippen molar-refractivity contribution in [1.82, 2.24) is 5.32 Å². The lowest BCUT2D eigenvalue weighted by Gasteiger charge is -2.08. The van der Waals surface area contributed by atoms with Crippen LogP contribution in [-0.4, -0.2) is 24.9 Å². The smallest absolute Gasteiger partial charge is 0.308 e. The Morgan fingerprint density at radius 1 is 0.939 bits per heavy atom. The quantitative estimate of drug-likeness (QED) is 0.309. The maximum Gasteiger partial charge on any atom is 0.308 e. The summed E-state index contributed by atoms with van der Waals surface area (Å²) < 4.78 is 10.3. The third-order valence-corrected chi connectivity index (χ3v) is 4.59. The molecule has 3 aromatic carbocycles. The van der Waals surface area contributed by atoms with Crippen molar-refractivity contribution in [3.63, 3.8) is 0 Å². The van der Waals surface area contributed by atoms with Gasteiger partial charge in [-0.25, -0.2) is 0 Å². The zero-order valence-electron chi connectivity index (χ0n) is 18.3. The molecular weight excluding hydrogens is 420 g/mol. The van der Waals surface area contributed by atoms with Gasteiger partial charge in [-0.05, 0) is 48.0 Å². The first kappa shape index (κ1) is 23.3. The third-order valence-electron chi connectivity index (χ3n) is 4.59. The average molecular weight is 444 g/mol. The second-order valence-electron chi connectivity index (χ2n) is 7.07. The van der Waals surface area contributed by atoms with Gasteiger partial charge >= 0.3 is 5.97 Å². The Bertz CT molecular complexity index is 1170. The Hall–Kier alpha value is -4.39. The Morgan fingerprint density at radius 3 is 2.42 bits per heavy atom. The lowest BCUT2D eigenvalue weighted by Crippen LogP contribution is -2.20. The van der Waals surface area contributed by atoms with Crippen molar-refractivity contribution in [3.05, 3.63) is 95.6 Å². The molecule has 0 aliphatic heterocycles. The predicted molar refractivity (Wildman–Crippen MR) is 126 cm³/mol. The Labute approximate surface area is 192 Å². The maximum atomic E-state index is 12.5. The summed E-state index contributed by atoms with van der Waals surface area (Å²) in [6, 6.07) is 20.9. The molecule has 0 saturated heterocycles. The number of methoxy groups -OCH3 is 1. The van der Waals surface area contributed by atoms with Crippen molar-refractivity contribution in [1.29, 1.82) is 0 Å². The highest BCUT2D eigenvalue weighted by Crippen LogP contribution is 2.19. The molecule has 2 amide bonds. The van der Waals surface area contributed by atoms with Gasteiger partial charge < -0.3 is 20.1 Å². The van der Waals surface area contributed by atoms with Crippen LogP contribution >= 0.6 is 0 Å². The van der Waals surface area contributed by atoms with Gasteiger partial charge in [-0.15, -0.1) is 0 Å². The monoisotopic (exact) mass is 444 g/mol. The SMILES string of the molecule is COc1ccccc1/C=C/C(=O)NCc1ccc(NC(=O)c2cccc(OC(C)=O)c2)cc1. The zero-order valence-corrected chi connectivity index (χ0v) is 18.3. The Balaban J connectivity index is 1.53. The molecule has 7 nitrogen and oxygen atoms in total. The van der Waals surface area contributed by atoms with Crippen LogP contribution in [0.2, 0.25) is 0 Å². The number of para-hydroxylation sites is 1. The number of hydrogen-bond acceptors (Lipinski definition) is 5. The molecule has 0 unspecified atom stereocenters.